The van der Waals surface area contributed by atoms with Crippen molar-refractivity contribution in [1.29, 1.82) is 5.26 Å². The Kier molecular flexibility index (Phi) is 6.64. The van der Waals surface area contributed by atoms with Crippen LogP contribution >= 0.6 is 0 Å². The van der Waals surface area contributed by atoms with Gasteiger partial charge in [0.05, 0.1) is 39.2 Å². The van der Waals surface area contributed by atoms with Crippen molar-refractivity contribution >= 4 is 5.97 Å². The summed E-state index contributed by atoms with van der Waals surface area (Å²) in [6.45, 7) is 5.24. The zero-order chi connectivity index (χ0) is 14.1. The quantitative estimate of drug-likeness (QED) is 0.770. The average molecular weight is 266 g/mol. The van der Waals surface area contributed by atoms with Crippen LogP contribution in [0.3, 0.4) is 0 Å². The van der Waals surface area contributed by atoms with Gasteiger partial charge in [-0.15, -0.1) is 0 Å². The van der Waals surface area contributed by atoms with E-state index in [1.807, 2.05) is 0 Å². The number of hydrogen-bond acceptors (Lipinski definition) is 6. The van der Waals surface area contributed by atoms with E-state index in [2.05, 4.69) is 9.64 Å². The highest BCUT2D eigenvalue weighted by Crippen LogP contribution is 2.15. The molecule has 0 unspecified atom stereocenters. The number of carbonyl (C=O) groups excluding carboxylic acids is 1. The van der Waals surface area contributed by atoms with Crippen molar-refractivity contribution in [3.05, 3.63) is 23.7 Å². The van der Waals surface area contributed by atoms with Gasteiger partial charge in [-0.25, -0.2) is 4.79 Å². The summed E-state index contributed by atoms with van der Waals surface area (Å²) >= 11 is 0. The summed E-state index contributed by atoms with van der Waals surface area (Å²) in [5.41, 5.74) is 0.508. The largest absolute Gasteiger partial charge is 0.467 e. The van der Waals surface area contributed by atoms with Crippen LogP contribution in [0.4, 0.5) is 0 Å². The van der Waals surface area contributed by atoms with Crippen molar-refractivity contribution < 1.29 is 18.7 Å². The lowest BCUT2D eigenvalue weighted by Gasteiger charge is -2.25. The normalized spacial score (nSPS) is 15.0. The molecule has 1 aliphatic rings. The number of esters is 1. The minimum Gasteiger partial charge on any atom is -0.467 e. The van der Waals surface area contributed by atoms with E-state index in [1.165, 1.54) is 20.3 Å². The van der Waals surface area contributed by atoms with Crippen molar-refractivity contribution in [2.45, 2.75) is 13.5 Å². The number of rotatable bonds is 3. The predicted octanol–water partition coefficient (Wildman–Crippen LogP) is 1.43. The van der Waals surface area contributed by atoms with E-state index in [4.69, 9.17) is 14.4 Å². The predicted molar refractivity (Wildman–Crippen MR) is 67.4 cm³/mol. The highest BCUT2D eigenvalue weighted by Gasteiger charge is 2.19. The van der Waals surface area contributed by atoms with Crippen LogP contribution in [0.15, 0.2) is 16.7 Å². The first-order chi connectivity index (χ1) is 9.22. The Bertz CT molecular complexity index is 430. The van der Waals surface area contributed by atoms with Crippen molar-refractivity contribution in [3.63, 3.8) is 0 Å². The second-order valence-corrected chi connectivity index (χ2v) is 3.86. The van der Waals surface area contributed by atoms with Gasteiger partial charge in [-0.05, 0) is 6.07 Å². The van der Waals surface area contributed by atoms with Gasteiger partial charge >= 0.3 is 5.97 Å². The molecule has 0 spiro atoms. The minimum absolute atomic E-state index is 0.350. The number of nitrogens with zero attached hydrogens (tertiary/aromatic N) is 2. The molecule has 6 nitrogen and oxygen atoms in total. The third-order valence-corrected chi connectivity index (χ3v) is 2.62. The Hall–Kier alpha value is -1.84. The van der Waals surface area contributed by atoms with Crippen LogP contribution < -0.4 is 0 Å². The maximum absolute atomic E-state index is 11.4. The van der Waals surface area contributed by atoms with Crippen molar-refractivity contribution in [1.82, 2.24) is 4.90 Å². The number of carbonyl (C=O) groups is 1. The SMILES string of the molecule is CC#N.COC(=O)c1ccoc1CN1CCOCC1. The first-order valence-corrected chi connectivity index (χ1v) is 5.98. The first-order valence-electron chi connectivity index (χ1n) is 5.98. The van der Waals surface area contributed by atoms with Gasteiger partial charge < -0.3 is 13.9 Å². The molecule has 6 heteroatoms. The molecule has 0 radical (unpaired) electrons. The van der Waals surface area contributed by atoms with Crippen LogP contribution in [0.1, 0.15) is 23.0 Å². The van der Waals surface area contributed by atoms with E-state index in [1.54, 1.807) is 12.1 Å². The fourth-order valence-electron chi connectivity index (χ4n) is 1.72. The summed E-state index contributed by atoms with van der Waals surface area (Å²) < 4.78 is 15.2. The van der Waals surface area contributed by atoms with Crippen LogP contribution in [-0.4, -0.2) is 44.3 Å². The molecular weight excluding hydrogens is 248 g/mol. The van der Waals surface area contributed by atoms with Crippen LogP contribution in [0.5, 0.6) is 0 Å². The average Bonchev–Trinajstić information content (AvgIpc) is 2.88. The van der Waals surface area contributed by atoms with Crippen LogP contribution in [-0.2, 0) is 16.0 Å². The van der Waals surface area contributed by atoms with Gasteiger partial charge in [0.1, 0.15) is 11.3 Å². The van der Waals surface area contributed by atoms with Gasteiger partial charge in [-0.2, -0.15) is 5.26 Å². The third kappa shape index (κ3) is 4.73. The molecule has 1 aromatic heterocycles. The lowest BCUT2D eigenvalue weighted by atomic mass is 10.2. The Labute approximate surface area is 112 Å². The zero-order valence-electron chi connectivity index (χ0n) is 11.2. The molecule has 0 amide bonds. The molecule has 2 heterocycles. The summed E-state index contributed by atoms with van der Waals surface area (Å²) in [7, 11) is 1.37. The lowest BCUT2D eigenvalue weighted by molar-refractivity contribution is 0.0308. The minimum atomic E-state index is -0.350. The van der Waals surface area contributed by atoms with Gasteiger partial charge in [0.2, 0.25) is 0 Å². The monoisotopic (exact) mass is 266 g/mol. The number of morpholine rings is 1. The molecule has 1 aromatic rings. The Morgan fingerprint density at radius 3 is 2.74 bits per heavy atom. The highest BCUT2D eigenvalue weighted by molar-refractivity contribution is 5.90. The molecule has 1 aliphatic heterocycles. The Morgan fingerprint density at radius 2 is 2.16 bits per heavy atom. The Balaban J connectivity index is 0.000000550. The summed E-state index contributed by atoms with van der Waals surface area (Å²) in [4.78, 5) is 13.6. The number of nitriles is 1. The zero-order valence-corrected chi connectivity index (χ0v) is 11.2. The molecule has 2 rings (SSSR count). The standard InChI is InChI=1S/C11H15NO4.C2H3N/c1-14-11(13)9-2-5-16-10(9)8-12-3-6-15-7-4-12;1-2-3/h2,5H,3-4,6-8H2,1H3;1H3. The van der Waals surface area contributed by atoms with Gasteiger partial charge in [-0.3, -0.25) is 4.90 Å². The number of furan rings is 1. The summed E-state index contributed by atoms with van der Waals surface area (Å²) in [6.07, 6.45) is 1.52. The van der Waals surface area contributed by atoms with E-state index in [-0.39, 0.29) is 5.97 Å². The van der Waals surface area contributed by atoms with Crippen molar-refractivity contribution in [3.8, 4) is 6.07 Å². The lowest BCUT2D eigenvalue weighted by Crippen LogP contribution is -2.35. The molecule has 0 N–H and O–H groups in total. The van der Waals surface area contributed by atoms with Gasteiger partial charge in [-0.1, -0.05) is 0 Å². The fourth-order valence-corrected chi connectivity index (χ4v) is 1.72. The smallest absolute Gasteiger partial charge is 0.341 e. The molecule has 0 atom stereocenters. The van der Waals surface area contributed by atoms with E-state index in [0.717, 1.165) is 26.3 Å². The summed E-state index contributed by atoms with van der Waals surface area (Å²) in [6, 6.07) is 3.39. The molecule has 0 aromatic carbocycles. The molecule has 1 saturated heterocycles. The molecule has 0 bridgehead atoms. The highest BCUT2D eigenvalue weighted by atomic mass is 16.5. The van der Waals surface area contributed by atoms with Crippen molar-refractivity contribution in [2.24, 2.45) is 0 Å². The van der Waals surface area contributed by atoms with Gasteiger partial charge in [0.25, 0.3) is 0 Å². The number of ether oxygens (including phenoxy) is 2. The summed E-state index contributed by atoms with van der Waals surface area (Å²) in [5.74, 6) is 0.311. The van der Waals surface area contributed by atoms with E-state index >= 15 is 0 Å². The van der Waals surface area contributed by atoms with Gasteiger partial charge in [0, 0.05) is 20.0 Å². The first kappa shape index (κ1) is 15.2. The summed E-state index contributed by atoms with van der Waals surface area (Å²) in [5, 5.41) is 7.32. The molecule has 0 saturated carbocycles. The van der Waals surface area contributed by atoms with E-state index < -0.39 is 0 Å². The molecule has 1 fully saturated rings. The maximum atomic E-state index is 11.4. The van der Waals surface area contributed by atoms with Crippen LogP contribution in [0, 0.1) is 11.3 Å². The van der Waals surface area contributed by atoms with Crippen LogP contribution in [0.2, 0.25) is 0 Å². The molecule has 104 valence electrons. The third-order valence-electron chi connectivity index (χ3n) is 2.62. The maximum Gasteiger partial charge on any atom is 0.341 e. The second kappa shape index (κ2) is 8.29. The number of hydrogen-bond donors (Lipinski definition) is 0. The Morgan fingerprint density at radius 1 is 1.53 bits per heavy atom. The van der Waals surface area contributed by atoms with Crippen molar-refractivity contribution in [2.75, 3.05) is 33.4 Å². The molecule has 19 heavy (non-hydrogen) atoms. The fraction of sp³-hybridized carbons (Fsp3) is 0.538. The topological polar surface area (TPSA) is 75.7 Å². The van der Waals surface area contributed by atoms with E-state index in [0.29, 0.717) is 17.9 Å². The van der Waals surface area contributed by atoms with Crippen LogP contribution in [0.25, 0.3) is 0 Å². The second-order valence-electron chi connectivity index (χ2n) is 3.86. The van der Waals surface area contributed by atoms with E-state index in [9.17, 15) is 4.79 Å². The van der Waals surface area contributed by atoms with Gasteiger partial charge in [0.15, 0.2) is 0 Å². The number of methoxy groups -OCH3 is 1. The molecular formula is C13H18N2O4. The molecule has 0 aliphatic carbocycles.